The first kappa shape index (κ1) is 14.0. The lowest BCUT2D eigenvalue weighted by atomic mass is 10.0. The number of morpholine rings is 1. The van der Waals surface area contributed by atoms with E-state index >= 15 is 0 Å². The lowest BCUT2D eigenvalue weighted by Gasteiger charge is -2.39. The molecule has 0 aromatic carbocycles. The summed E-state index contributed by atoms with van der Waals surface area (Å²) in [6.07, 6.45) is 5.75. The first-order chi connectivity index (χ1) is 9.79. The minimum absolute atomic E-state index is 0.177. The molecule has 0 saturated carbocycles. The molecular formula is C14H25N5O. The van der Waals surface area contributed by atoms with Crippen LogP contribution >= 0.6 is 0 Å². The molecular weight excluding hydrogens is 254 g/mol. The average Bonchev–Trinajstić information content (AvgIpc) is 3.08. The molecule has 0 amide bonds. The normalized spacial score (nSPS) is 28.5. The fourth-order valence-corrected chi connectivity index (χ4v) is 3.35. The molecule has 1 aromatic rings. The maximum atomic E-state index is 6.16. The number of ether oxygens (including phenoxy) is 1. The van der Waals surface area contributed by atoms with Crippen molar-refractivity contribution in [3.63, 3.8) is 0 Å². The van der Waals surface area contributed by atoms with Crippen LogP contribution in [0.1, 0.15) is 37.9 Å². The number of rotatable bonds is 5. The fourth-order valence-electron chi connectivity index (χ4n) is 3.35. The Kier molecular flexibility index (Phi) is 4.33. The summed E-state index contributed by atoms with van der Waals surface area (Å²) in [5, 5.41) is 11.7. The molecule has 1 N–H and O–H groups in total. The van der Waals surface area contributed by atoms with Crippen LogP contribution in [0.25, 0.3) is 0 Å². The Labute approximate surface area is 120 Å². The Hall–Kier alpha value is -0.980. The van der Waals surface area contributed by atoms with Crippen molar-refractivity contribution >= 4 is 0 Å². The number of aromatic nitrogens is 3. The molecule has 2 aliphatic heterocycles. The summed E-state index contributed by atoms with van der Waals surface area (Å²) >= 11 is 0. The van der Waals surface area contributed by atoms with Crippen LogP contribution in [0.15, 0.2) is 6.20 Å². The molecule has 1 aromatic heterocycles. The molecule has 2 saturated heterocycles. The second kappa shape index (κ2) is 6.20. The van der Waals surface area contributed by atoms with E-state index in [2.05, 4.69) is 27.5 Å². The Morgan fingerprint density at radius 3 is 3.20 bits per heavy atom. The Balaban J connectivity index is 1.73. The number of fused-ring (bicyclic) bond motifs is 1. The minimum Gasteiger partial charge on any atom is -0.373 e. The molecule has 0 radical (unpaired) electrons. The average molecular weight is 279 g/mol. The standard InChI is InChI=1S/C14H25N5O/c1-3-6-15-14(12-8-16-17-18(12)2)13-9-19-7-4-5-11(19)10-20-13/h8,11,13-15H,3-7,9-10H2,1-2H3. The van der Waals surface area contributed by atoms with Crippen molar-refractivity contribution in [1.29, 1.82) is 0 Å². The number of hydrogen-bond donors (Lipinski definition) is 1. The summed E-state index contributed by atoms with van der Waals surface area (Å²) in [7, 11) is 1.95. The third-order valence-corrected chi connectivity index (χ3v) is 4.47. The zero-order valence-electron chi connectivity index (χ0n) is 12.5. The van der Waals surface area contributed by atoms with Gasteiger partial charge in [-0.15, -0.1) is 5.10 Å². The van der Waals surface area contributed by atoms with Crippen molar-refractivity contribution < 1.29 is 4.74 Å². The molecule has 0 bridgehead atoms. The summed E-state index contributed by atoms with van der Waals surface area (Å²) in [6, 6.07) is 0.819. The van der Waals surface area contributed by atoms with E-state index in [1.165, 1.54) is 19.4 Å². The van der Waals surface area contributed by atoms with Gasteiger partial charge in [0.2, 0.25) is 0 Å². The smallest absolute Gasteiger partial charge is 0.0913 e. The van der Waals surface area contributed by atoms with E-state index < -0.39 is 0 Å². The molecule has 6 heteroatoms. The minimum atomic E-state index is 0.177. The first-order valence-electron chi connectivity index (χ1n) is 7.73. The highest BCUT2D eigenvalue weighted by Crippen LogP contribution is 2.28. The molecule has 3 heterocycles. The van der Waals surface area contributed by atoms with Crippen LogP contribution in [0.4, 0.5) is 0 Å². The predicted octanol–water partition coefficient (Wildman–Crippen LogP) is 0.719. The summed E-state index contributed by atoms with van der Waals surface area (Å²) in [5.41, 5.74) is 1.11. The Morgan fingerprint density at radius 2 is 2.45 bits per heavy atom. The van der Waals surface area contributed by atoms with Crippen LogP contribution in [0.5, 0.6) is 0 Å². The van der Waals surface area contributed by atoms with Crippen molar-refractivity contribution in [3.8, 4) is 0 Å². The van der Waals surface area contributed by atoms with Crippen molar-refractivity contribution in [2.75, 3.05) is 26.2 Å². The van der Waals surface area contributed by atoms with Gasteiger partial charge in [0.15, 0.2) is 0 Å². The Morgan fingerprint density at radius 1 is 1.55 bits per heavy atom. The molecule has 6 nitrogen and oxygen atoms in total. The maximum Gasteiger partial charge on any atom is 0.0913 e. The summed E-state index contributed by atoms with van der Waals surface area (Å²) in [5.74, 6) is 0. The highest BCUT2D eigenvalue weighted by Gasteiger charge is 2.37. The first-order valence-corrected chi connectivity index (χ1v) is 7.73. The molecule has 20 heavy (non-hydrogen) atoms. The van der Waals surface area contributed by atoms with Crippen LogP contribution < -0.4 is 5.32 Å². The van der Waals surface area contributed by atoms with Crippen LogP contribution in [-0.2, 0) is 11.8 Å². The van der Waals surface area contributed by atoms with Crippen LogP contribution in [0.2, 0.25) is 0 Å². The monoisotopic (exact) mass is 279 g/mol. The van der Waals surface area contributed by atoms with Gasteiger partial charge >= 0.3 is 0 Å². The molecule has 3 rings (SSSR count). The van der Waals surface area contributed by atoms with Crippen molar-refractivity contribution in [2.24, 2.45) is 7.05 Å². The summed E-state index contributed by atoms with van der Waals surface area (Å²) in [6.45, 7) is 6.26. The van der Waals surface area contributed by atoms with E-state index in [0.29, 0.717) is 6.04 Å². The quantitative estimate of drug-likeness (QED) is 0.860. The van der Waals surface area contributed by atoms with Gasteiger partial charge in [-0.05, 0) is 32.4 Å². The lowest BCUT2D eigenvalue weighted by Crippen LogP contribution is -2.51. The number of aryl methyl sites for hydroxylation is 1. The van der Waals surface area contributed by atoms with E-state index in [0.717, 1.165) is 31.8 Å². The van der Waals surface area contributed by atoms with E-state index in [-0.39, 0.29) is 12.1 Å². The van der Waals surface area contributed by atoms with E-state index in [1.54, 1.807) is 0 Å². The second-order valence-corrected chi connectivity index (χ2v) is 5.88. The van der Waals surface area contributed by atoms with Gasteiger partial charge in [-0.3, -0.25) is 9.58 Å². The third-order valence-electron chi connectivity index (χ3n) is 4.47. The highest BCUT2D eigenvalue weighted by atomic mass is 16.5. The fraction of sp³-hybridized carbons (Fsp3) is 0.857. The third kappa shape index (κ3) is 2.73. The van der Waals surface area contributed by atoms with Gasteiger partial charge in [0.05, 0.1) is 30.6 Å². The van der Waals surface area contributed by atoms with E-state index in [4.69, 9.17) is 4.74 Å². The van der Waals surface area contributed by atoms with Gasteiger partial charge in [0, 0.05) is 19.6 Å². The topological polar surface area (TPSA) is 55.2 Å². The van der Waals surface area contributed by atoms with Gasteiger partial charge in [0.1, 0.15) is 0 Å². The van der Waals surface area contributed by atoms with Crippen molar-refractivity contribution in [2.45, 2.75) is 44.4 Å². The van der Waals surface area contributed by atoms with Gasteiger partial charge in [0.25, 0.3) is 0 Å². The molecule has 3 unspecified atom stereocenters. The van der Waals surface area contributed by atoms with E-state index in [9.17, 15) is 0 Å². The van der Waals surface area contributed by atoms with E-state index in [1.807, 2.05) is 17.9 Å². The van der Waals surface area contributed by atoms with Crippen LogP contribution in [-0.4, -0.2) is 58.3 Å². The molecule has 0 aliphatic carbocycles. The Bertz CT molecular complexity index is 435. The highest BCUT2D eigenvalue weighted by molar-refractivity contribution is 5.06. The van der Waals surface area contributed by atoms with Crippen molar-refractivity contribution in [3.05, 3.63) is 11.9 Å². The second-order valence-electron chi connectivity index (χ2n) is 5.88. The SMILES string of the molecule is CCCNC(c1cnnn1C)C1CN2CCCC2CO1. The largest absolute Gasteiger partial charge is 0.373 e. The number of hydrogen-bond acceptors (Lipinski definition) is 5. The van der Waals surface area contributed by atoms with Gasteiger partial charge < -0.3 is 10.1 Å². The van der Waals surface area contributed by atoms with Crippen LogP contribution in [0.3, 0.4) is 0 Å². The maximum absolute atomic E-state index is 6.16. The molecule has 3 atom stereocenters. The van der Waals surface area contributed by atoms with Gasteiger partial charge in [-0.1, -0.05) is 12.1 Å². The van der Waals surface area contributed by atoms with Crippen molar-refractivity contribution in [1.82, 2.24) is 25.2 Å². The molecule has 0 spiro atoms. The van der Waals surface area contributed by atoms with Gasteiger partial charge in [-0.2, -0.15) is 0 Å². The molecule has 112 valence electrons. The zero-order valence-corrected chi connectivity index (χ0v) is 12.5. The number of nitrogens with zero attached hydrogens (tertiary/aromatic N) is 4. The number of nitrogens with one attached hydrogen (secondary N) is 1. The molecule has 2 fully saturated rings. The molecule has 2 aliphatic rings. The zero-order chi connectivity index (χ0) is 13.9. The van der Waals surface area contributed by atoms with Gasteiger partial charge in [-0.25, -0.2) is 0 Å². The predicted molar refractivity (Wildman–Crippen MR) is 76.4 cm³/mol. The summed E-state index contributed by atoms with van der Waals surface area (Å²) < 4.78 is 8.01. The summed E-state index contributed by atoms with van der Waals surface area (Å²) in [4.78, 5) is 2.58. The lowest BCUT2D eigenvalue weighted by molar-refractivity contribution is -0.0663. The van der Waals surface area contributed by atoms with Crippen LogP contribution in [0, 0.1) is 0 Å².